The normalized spacial score (nSPS) is 23.4. The molecule has 0 amide bonds. The Morgan fingerprint density at radius 1 is 1.28 bits per heavy atom. The Morgan fingerprint density at radius 3 is 2.50 bits per heavy atom. The summed E-state index contributed by atoms with van der Waals surface area (Å²) in [6.45, 7) is 0. The number of halogens is 2. The predicted octanol–water partition coefficient (Wildman–Crippen LogP) is 2.49. The third kappa shape index (κ3) is 2.77. The fraction of sp³-hybridized carbons (Fsp3) is 0.462. The van der Waals surface area contributed by atoms with E-state index in [0.29, 0.717) is 6.42 Å². The fourth-order valence-corrected chi connectivity index (χ4v) is 2.19. The number of rotatable bonds is 2. The topological polar surface area (TPSA) is 59.0 Å². The molecule has 0 bridgehead atoms. The van der Waals surface area contributed by atoms with Crippen molar-refractivity contribution < 1.29 is 13.5 Å². The Hall–Kier alpha value is -1.67. The van der Waals surface area contributed by atoms with Gasteiger partial charge in [-0.3, -0.25) is 0 Å². The maximum absolute atomic E-state index is 13.6. The van der Waals surface area contributed by atoms with Crippen LogP contribution in [0.25, 0.3) is 0 Å². The molecule has 96 valence electrons. The van der Waals surface area contributed by atoms with Crippen LogP contribution < -0.4 is 10.5 Å². The van der Waals surface area contributed by atoms with Crippen LogP contribution in [0.3, 0.4) is 0 Å². The van der Waals surface area contributed by atoms with Crippen molar-refractivity contribution >= 4 is 0 Å². The molecule has 5 heteroatoms. The predicted molar refractivity (Wildman–Crippen MR) is 61.9 cm³/mol. The van der Waals surface area contributed by atoms with Crippen molar-refractivity contribution in [2.45, 2.75) is 37.8 Å². The Morgan fingerprint density at radius 2 is 1.94 bits per heavy atom. The van der Waals surface area contributed by atoms with Crippen LogP contribution in [0.1, 0.15) is 31.2 Å². The minimum absolute atomic E-state index is 0.0215. The lowest BCUT2D eigenvalue weighted by atomic mass is 9.93. The molecule has 1 aliphatic carbocycles. The molecule has 0 aliphatic heterocycles. The molecule has 3 nitrogen and oxygen atoms in total. The van der Waals surface area contributed by atoms with Gasteiger partial charge in [-0.05, 0) is 37.8 Å². The maximum atomic E-state index is 13.6. The van der Waals surface area contributed by atoms with Gasteiger partial charge in [0.1, 0.15) is 6.10 Å². The molecule has 0 radical (unpaired) electrons. The lowest BCUT2D eigenvalue weighted by molar-refractivity contribution is 0.132. The molecule has 2 N–H and O–H groups in total. The lowest BCUT2D eigenvalue weighted by Gasteiger charge is -2.27. The Balaban J connectivity index is 2.16. The van der Waals surface area contributed by atoms with Crippen LogP contribution in [0.4, 0.5) is 8.78 Å². The van der Waals surface area contributed by atoms with Crippen LogP contribution in [0.2, 0.25) is 0 Å². The molecule has 0 spiro atoms. The summed E-state index contributed by atoms with van der Waals surface area (Å²) in [5.74, 6) is -2.09. The number of nitrogens with zero attached hydrogens (tertiary/aromatic N) is 1. The summed E-state index contributed by atoms with van der Waals surface area (Å²) in [6.07, 6.45) is 2.89. The highest BCUT2D eigenvalue weighted by Crippen LogP contribution is 2.28. The molecule has 1 aliphatic rings. The minimum atomic E-state index is -0.842. The number of hydrogen-bond donors (Lipinski definition) is 1. The molecular formula is C13H14F2N2O. The summed E-state index contributed by atoms with van der Waals surface area (Å²) in [6, 6.07) is 3.66. The average Bonchev–Trinajstić information content (AvgIpc) is 2.33. The van der Waals surface area contributed by atoms with Crippen LogP contribution in [0.15, 0.2) is 12.1 Å². The molecule has 18 heavy (non-hydrogen) atoms. The molecule has 1 aromatic carbocycles. The van der Waals surface area contributed by atoms with E-state index in [0.717, 1.165) is 31.4 Å². The van der Waals surface area contributed by atoms with Crippen LogP contribution in [-0.2, 0) is 0 Å². The van der Waals surface area contributed by atoms with E-state index >= 15 is 0 Å². The first-order valence-electron chi connectivity index (χ1n) is 5.91. The third-order valence-corrected chi connectivity index (χ3v) is 3.08. The van der Waals surface area contributed by atoms with Gasteiger partial charge in [-0.25, -0.2) is 8.78 Å². The molecule has 2 rings (SSSR count). The number of benzene rings is 1. The van der Waals surface area contributed by atoms with Gasteiger partial charge in [0.2, 0.25) is 0 Å². The molecule has 2 unspecified atom stereocenters. The molecular weight excluding hydrogens is 238 g/mol. The highest BCUT2D eigenvalue weighted by molar-refractivity contribution is 5.37. The molecule has 0 saturated heterocycles. The number of nitrogens with two attached hydrogens (primary N) is 1. The van der Waals surface area contributed by atoms with Gasteiger partial charge in [-0.15, -0.1) is 0 Å². The SMILES string of the molecule is N#Cc1cc(F)c(OC2CCCC(N)C2)c(F)c1. The van der Waals surface area contributed by atoms with Crippen LogP contribution in [0.5, 0.6) is 5.75 Å². The minimum Gasteiger partial charge on any atom is -0.484 e. The van der Waals surface area contributed by atoms with E-state index in [9.17, 15) is 8.78 Å². The number of ether oxygens (including phenoxy) is 1. The van der Waals surface area contributed by atoms with Crippen molar-refractivity contribution in [1.29, 1.82) is 5.26 Å². The summed E-state index contributed by atoms with van der Waals surface area (Å²) < 4.78 is 32.6. The van der Waals surface area contributed by atoms with E-state index in [1.807, 2.05) is 0 Å². The van der Waals surface area contributed by atoms with Crippen molar-refractivity contribution in [2.24, 2.45) is 5.73 Å². The second-order valence-corrected chi connectivity index (χ2v) is 4.55. The lowest BCUT2D eigenvalue weighted by Crippen LogP contribution is -2.34. The van der Waals surface area contributed by atoms with Gasteiger partial charge < -0.3 is 10.5 Å². The van der Waals surface area contributed by atoms with Crippen molar-refractivity contribution in [3.8, 4) is 11.8 Å². The summed E-state index contributed by atoms with van der Waals surface area (Å²) >= 11 is 0. The quantitative estimate of drug-likeness (QED) is 0.879. The number of hydrogen-bond acceptors (Lipinski definition) is 3. The van der Waals surface area contributed by atoms with Gasteiger partial charge in [0, 0.05) is 6.04 Å². The van der Waals surface area contributed by atoms with Crippen LogP contribution in [-0.4, -0.2) is 12.1 Å². The van der Waals surface area contributed by atoms with Crippen molar-refractivity contribution in [3.05, 3.63) is 29.3 Å². The standard InChI is InChI=1S/C13H14F2N2O/c14-11-4-8(7-16)5-12(15)13(11)18-10-3-1-2-9(17)6-10/h4-5,9-10H,1-3,6,17H2. The molecule has 1 saturated carbocycles. The average molecular weight is 252 g/mol. The molecule has 0 heterocycles. The largest absolute Gasteiger partial charge is 0.484 e. The Labute approximate surface area is 104 Å². The molecule has 0 aromatic heterocycles. The van der Waals surface area contributed by atoms with E-state index < -0.39 is 17.4 Å². The van der Waals surface area contributed by atoms with Crippen molar-refractivity contribution in [3.63, 3.8) is 0 Å². The van der Waals surface area contributed by atoms with Crippen molar-refractivity contribution in [1.82, 2.24) is 0 Å². The van der Waals surface area contributed by atoms with Gasteiger partial charge in [0.05, 0.1) is 11.6 Å². The summed E-state index contributed by atoms with van der Waals surface area (Å²) in [4.78, 5) is 0. The van der Waals surface area contributed by atoms with Gasteiger partial charge in [-0.2, -0.15) is 5.26 Å². The van der Waals surface area contributed by atoms with Gasteiger partial charge in [0.25, 0.3) is 0 Å². The zero-order valence-electron chi connectivity index (χ0n) is 9.83. The second kappa shape index (κ2) is 5.32. The summed E-state index contributed by atoms with van der Waals surface area (Å²) in [7, 11) is 0. The van der Waals surface area contributed by atoms with E-state index in [-0.39, 0.29) is 17.7 Å². The monoisotopic (exact) mass is 252 g/mol. The smallest absolute Gasteiger partial charge is 0.191 e. The molecule has 1 aromatic rings. The summed E-state index contributed by atoms with van der Waals surface area (Å²) in [5.41, 5.74) is 5.73. The van der Waals surface area contributed by atoms with Gasteiger partial charge in [0.15, 0.2) is 17.4 Å². The van der Waals surface area contributed by atoms with Crippen LogP contribution in [0, 0.1) is 23.0 Å². The first-order valence-corrected chi connectivity index (χ1v) is 5.91. The Bertz CT molecular complexity index is 461. The van der Waals surface area contributed by atoms with E-state index in [2.05, 4.69) is 0 Å². The third-order valence-electron chi connectivity index (χ3n) is 3.08. The zero-order valence-corrected chi connectivity index (χ0v) is 9.83. The highest BCUT2D eigenvalue weighted by atomic mass is 19.1. The van der Waals surface area contributed by atoms with E-state index in [1.54, 1.807) is 6.07 Å². The van der Waals surface area contributed by atoms with E-state index in [4.69, 9.17) is 15.7 Å². The maximum Gasteiger partial charge on any atom is 0.191 e. The first-order chi connectivity index (χ1) is 8.60. The zero-order chi connectivity index (χ0) is 13.1. The molecule has 1 fully saturated rings. The van der Waals surface area contributed by atoms with Gasteiger partial charge >= 0.3 is 0 Å². The van der Waals surface area contributed by atoms with Crippen LogP contribution >= 0.6 is 0 Å². The first kappa shape index (κ1) is 12.8. The Kier molecular flexibility index (Phi) is 3.78. The van der Waals surface area contributed by atoms with E-state index in [1.165, 1.54) is 0 Å². The van der Waals surface area contributed by atoms with Crippen molar-refractivity contribution in [2.75, 3.05) is 0 Å². The fourth-order valence-electron chi connectivity index (χ4n) is 2.19. The second-order valence-electron chi connectivity index (χ2n) is 4.55. The summed E-state index contributed by atoms with van der Waals surface area (Å²) in [5, 5.41) is 8.59. The highest BCUT2D eigenvalue weighted by Gasteiger charge is 2.23. The molecule has 2 atom stereocenters. The van der Waals surface area contributed by atoms with Gasteiger partial charge in [-0.1, -0.05) is 0 Å². The number of nitriles is 1.